The zero-order chi connectivity index (χ0) is 29.9. The van der Waals surface area contributed by atoms with Crippen molar-refractivity contribution in [3.63, 3.8) is 0 Å². The van der Waals surface area contributed by atoms with Gasteiger partial charge in [-0.15, -0.1) is 0 Å². The SMILES string of the molecule is BrP(CCCCCCCCCCCCCCCOCc1ccccc1)(c1ccccc1)(c1ccccc1)c1ccccc1. The second kappa shape index (κ2) is 18.5. The van der Waals surface area contributed by atoms with Gasteiger partial charge in [0.2, 0.25) is 0 Å². The third-order valence-electron chi connectivity index (χ3n) is 8.86. The van der Waals surface area contributed by atoms with Crippen molar-refractivity contribution in [2.24, 2.45) is 0 Å². The summed E-state index contributed by atoms with van der Waals surface area (Å²) in [5, 5.41) is 1.54. The molecule has 0 spiro atoms. The normalized spacial score (nSPS) is 12.5. The fourth-order valence-electron chi connectivity index (χ4n) is 6.37. The van der Waals surface area contributed by atoms with E-state index in [2.05, 4.69) is 137 Å². The van der Waals surface area contributed by atoms with Gasteiger partial charge in [-0.05, 0) is 12.0 Å². The molecule has 4 aromatic rings. The van der Waals surface area contributed by atoms with E-state index in [9.17, 15) is 0 Å². The van der Waals surface area contributed by atoms with E-state index in [4.69, 9.17) is 4.74 Å². The molecule has 0 saturated heterocycles. The molecule has 0 bridgehead atoms. The van der Waals surface area contributed by atoms with Gasteiger partial charge in [-0.1, -0.05) is 36.8 Å². The first-order chi connectivity index (χ1) is 21.2. The fraction of sp³-hybridized carbons (Fsp3) is 0.400. The van der Waals surface area contributed by atoms with Crippen LogP contribution in [0.5, 0.6) is 0 Å². The Bertz CT molecular complexity index is 1160. The summed E-state index contributed by atoms with van der Waals surface area (Å²) in [5.74, 6) is 0. The summed E-state index contributed by atoms with van der Waals surface area (Å²) in [4.78, 5) is 0. The van der Waals surface area contributed by atoms with Crippen LogP contribution in [-0.4, -0.2) is 12.8 Å². The van der Waals surface area contributed by atoms with Crippen molar-refractivity contribution in [3.8, 4) is 0 Å². The molecule has 4 rings (SSSR count). The molecule has 43 heavy (non-hydrogen) atoms. The predicted molar refractivity (Wildman–Crippen MR) is 195 cm³/mol. The molecule has 0 aliphatic heterocycles. The Kier molecular flexibility index (Phi) is 14.5. The van der Waals surface area contributed by atoms with E-state index < -0.39 is 5.31 Å². The predicted octanol–water partition coefficient (Wildman–Crippen LogP) is 11.1. The molecule has 0 atom stereocenters. The molecule has 0 fully saturated rings. The van der Waals surface area contributed by atoms with Crippen LogP contribution in [0, 0.1) is 0 Å². The van der Waals surface area contributed by atoms with E-state index in [1.165, 1.54) is 105 Å². The van der Waals surface area contributed by atoms with Crippen molar-refractivity contribution in [3.05, 3.63) is 127 Å². The number of hydrogen-bond donors (Lipinski definition) is 0. The average molecular weight is 660 g/mol. The molecule has 0 N–H and O–H groups in total. The van der Waals surface area contributed by atoms with E-state index in [-0.39, 0.29) is 0 Å². The molecule has 0 amide bonds. The van der Waals surface area contributed by atoms with E-state index in [0.717, 1.165) is 19.4 Å². The van der Waals surface area contributed by atoms with Crippen LogP contribution in [0.1, 0.15) is 89.0 Å². The van der Waals surface area contributed by atoms with Gasteiger partial charge < -0.3 is 4.74 Å². The molecular weight excluding hydrogens is 607 g/mol. The first-order valence-electron chi connectivity index (χ1n) is 16.7. The Balaban J connectivity index is 1.11. The zero-order valence-electron chi connectivity index (χ0n) is 26.1. The van der Waals surface area contributed by atoms with Crippen molar-refractivity contribution in [2.45, 2.75) is 90.1 Å². The first kappa shape index (κ1) is 33.6. The molecule has 3 heteroatoms. The van der Waals surface area contributed by atoms with Crippen LogP contribution in [0.15, 0.2) is 121 Å². The summed E-state index contributed by atoms with van der Waals surface area (Å²) in [6.45, 7) is 1.63. The third kappa shape index (κ3) is 9.87. The molecule has 230 valence electrons. The Morgan fingerprint density at radius 3 is 1.12 bits per heavy atom. The average Bonchev–Trinajstić information content (AvgIpc) is 3.08. The van der Waals surface area contributed by atoms with Crippen LogP contribution in [0.4, 0.5) is 0 Å². The fourth-order valence-corrected chi connectivity index (χ4v) is 14.1. The van der Waals surface area contributed by atoms with Crippen LogP contribution in [0.2, 0.25) is 0 Å². The van der Waals surface area contributed by atoms with Gasteiger partial charge in [0.15, 0.2) is 0 Å². The van der Waals surface area contributed by atoms with Gasteiger partial charge >= 0.3 is 204 Å². The molecule has 0 saturated carbocycles. The number of ether oxygens (including phenoxy) is 1. The van der Waals surface area contributed by atoms with Gasteiger partial charge in [0, 0.05) is 6.61 Å². The molecule has 0 aliphatic rings. The van der Waals surface area contributed by atoms with Crippen molar-refractivity contribution >= 4 is 36.7 Å². The Labute approximate surface area is 270 Å². The topological polar surface area (TPSA) is 9.23 Å². The van der Waals surface area contributed by atoms with Crippen molar-refractivity contribution in [2.75, 3.05) is 12.8 Å². The third-order valence-corrected chi connectivity index (χ3v) is 18.9. The van der Waals surface area contributed by atoms with Crippen molar-refractivity contribution in [1.82, 2.24) is 0 Å². The monoisotopic (exact) mass is 658 g/mol. The first-order valence-corrected chi connectivity index (χ1v) is 21.2. The summed E-state index contributed by atoms with van der Waals surface area (Å²) in [6, 6.07) is 44.2. The molecule has 0 aliphatic carbocycles. The maximum atomic E-state index is 5.81. The van der Waals surface area contributed by atoms with Gasteiger partial charge in [-0.2, -0.15) is 0 Å². The van der Waals surface area contributed by atoms with Crippen LogP contribution >= 0.6 is 20.8 Å². The van der Waals surface area contributed by atoms with Gasteiger partial charge in [0.1, 0.15) is 0 Å². The quantitative estimate of drug-likeness (QED) is 0.0639. The molecule has 1 nitrogen and oxygen atoms in total. The number of unbranched alkanes of at least 4 members (excludes halogenated alkanes) is 12. The second-order valence-corrected chi connectivity index (χ2v) is 21.1. The van der Waals surface area contributed by atoms with Gasteiger partial charge in [0.05, 0.1) is 6.61 Å². The summed E-state index contributed by atoms with van der Waals surface area (Å²) in [6.07, 6.45) is 18.6. The van der Waals surface area contributed by atoms with E-state index in [0.29, 0.717) is 0 Å². The van der Waals surface area contributed by atoms with E-state index >= 15 is 0 Å². The Morgan fingerprint density at radius 1 is 0.395 bits per heavy atom. The Hall–Kier alpha value is -2.25. The van der Waals surface area contributed by atoms with Gasteiger partial charge in [-0.25, -0.2) is 0 Å². The van der Waals surface area contributed by atoms with E-state index in [1.54, 1.807) is 0 Å². The molecular formula is C40H52BrOP. The van der Waals surface area contributed by atoms with Crippen LogP contribution < -0.4 is 15.9 Å². The van der Waals surface area contributed by atoms with Crippen LogP contribution in [0.25, 0.3) is 0 Å². The minimum atomic E-state index is -2.75. The number of hydrogen-bond acceptors (Lipinski definition) is 1. The van der Waals surface area contributed by atoms with Gasteiger partial charge in [0.25, 0.3) is 0 Å². The van der Waals surface area contributed by atoms with Crippen LogP contribution in [-0.2, 0) is 11.3 Å². The Morgan fingerprint density at radius 2 is 0.721 bits per heavy atom. The summed E-state index contributed by atoms with van der Waals surface area (Å²) < 4.78 is 5.81. The van der Waals surface area contributed by atoms with Gasteiger partial charge in [-0.3, -0.25) is 0 Å². The van der Waals surface area contributed by atoms with Crippen LogP contribution in [0.3, 0.4) is 0 Å². The number of rotatable bonds is 21. The molecule has 0 heterocycles. The van der Waals surface area contributed by atoms with E-state index in [1.807, 2.05) is 0 Å². The number of benzene rings is 4. The number of halogens is 1. The van der Waals surface area contributed by atoms with Crippen molar-refractivity contribution in [1.29, 1.82) is 0 Å². The second-order valence-electron chi connectivity index (χ2n) is 12.0. The zero-order valence-corrected chi connectivity index (χ0v) is 28.6. The summed E-state index contributed by atoms with van der Waals surface area (Å²) in [7, 11) is 0. The molecule has 0 aromatic heterocycles. The summed E-state index contributed by atoms with van der Waals surface area (Å²) >= 11 is 4.60. The molecule has 0 unspecified atom stereocenters. The minimum absolute atomic E-state index is 0.745. The molecule has 4 aromatic carbocycles. The molecule has 0 radical (unpaired) electrons. The van der Waals surface area contributed by atoms with Crippen molar-refractivity contribution < 1.29 is 4.74 Å². The standard InChI is InChI=1S/C40H52BrOP/c41-43(38-28-18-13-19-29-38,39-30-20-14-21-31-39,40-32-22-15-23-33-40)35-25-11-9-7-5-3-1-2-4-6-8-10-24-34-42-36-37-26-16-12-17-27-37/h12-23,26-33H,1-11,24-25,34-36H2. The maximum absolute atomic E-state index is 5.81. The summed E-state index contributed by atoms with van der Waals surface area (Å²) in [5.41, 5.74) is 1.27.